The number of aliphatic hydroxyl groups is 1. The lowest BCUT2D eigenvalue weighted by molar-refractivity contribution is -0.0586. The smallest absolute Gasteiger partial charge is 0.0864 e. The van der Waals surface area contributed by atoms with Crippen molar-refractivity contribution in [3.8, 4) is 0 Å². The van der Waals surface area contributed by atoms with Crippen LogP contribution in [-0.2, 0) is 4.74 Å². The summed E-state index contributed by atoms with van der Waals surface area (Å²) in [7, 11) is 0. The molecule has 3 heteroatoms. The molecule has 0 spiro atoms. The van der Waals surface area contributed by atoms with Gasteiger partial charge in [-0.1, -0.05) is 13.8 Å². The van der Waals surface area contributed by atoms with E-state index in [2.05, 4.69) is 0 Å². The van der Waals surface area contributed by atoms with Crippen LogP contribution in [-0.4, -0.2) is 30.5 Å². The highest BCUT2D eigenvalue weighted by atomic mass is 16.5. The highest BCUT2D eigenvalue weighted by Crippen LogP contribution is 2.27. The zero-order chi connectivity index (χ0) is 9.19. The van der Waals surface area contributed by atoms with Gasteiger partial charge in [-0.25, -0.2) is 0 Å². The molecule has 0 saturated carbocycles. The molecule has 0 aliphatic carbocycles. The van der Waals surface area contributed by atoms with Crippen LogP contribution in [0.5, 0.6) is 0 Å². The van der Waals surface area contributed by atoms with Gasteiger partial charge in [0.15, 0.2) is 0 Å². The molecule has 1 heterocycles. The monoisotopic (exact) mass is 173 g/mol. The summed E-state index contributed by atoms with van der Waals surface area (Å²) in [6.45, 7) is 5.22. The fourth-order valence-electron chi connectivity index (χ4n) is 1.48. The Bertz CT molecular complexity index is 141. The maximum Gasteiger partial charge on any atom is 0.0864 e. The first-order valence-electron chi connectivity index (χ1n) is 4.57. The van der Waals surface area contributed by atoms with Crippen molar-refractivity contribution < 1.29 is 9.84 Å². The van der Waals surface area contributed by atoms with Crippen LogP contribution in [0.25, 0.3) is 0 Å². The Kier molecular flexibility index (Phi) is 3.09. The van der Waals surface area contributed by atoms with E-state index >= 15 is 0 Å². The number of hydrogen-bond acceptors (Lipinski definition) is 3. The Hall–Kier alpha value is -0.120. The van der Waals surface area contributed by atoms with E-state index in [0.717, 1.165) is 19.4 Å². The fourth-order valence-corrected chi connectivity index (χ4v) is 1.48. The molecular formula is C9H19NO2. The van der Waals surface area contributed by atoms with E-state index in [1.165, 1.54) is 0 Å². The quantitative estimate of drug-likeness (QED) is 0.654. The van der Waals surface area contributed by atoms with Crippen LogP contribution in [0.15, 0.2) is 0 Å². The first-order valence-corrected chi connectivity index (χ1v) is 4.57. The van der Waals surface area contributed by atoms with Gasteiger partial charge in [0.2, 0.25) is 0 Å². The summed E-state index contributed by atoms with van der Waals surface area (Å²) in [4.78, 5) is 0. The van der Waals surface area contributed by atoms with Gasteiger partial charge in [-0.15, -0.1) is 0 Å². The zero-order valence-corrected chi connectivity index (χ0v) is 7.92. The van der Waals surface area contributed by atoms with Crippen LogP contribution < -0.4 is 5.73 Å². The highest BCUT2D eigenvalue weighted by molar-refractivity contribution is 4.86. The maximum atomic E-state index is 9.87. The first kappa shape index (κ1) is 9.96. The number of ether oxygens (including phenoxy) is 1. The van der Waals surface area contributed by atoms with Gasteiger partial charge in [0.1, 0.15) is 0 Å². The van der Waals surface area contributed by atoms with Gasteiger partial charge in [0.25, 0.3) is 0 Å². The average Bonchev–Trinajstić information content (AvgIpc) is 2.55. The minimum absolute atomic E-state index is 0.00329. The highest BCUT2D eigenvalue weighted by Gasteiger charge is 2.35. The predicted octanol–water partition coefficient (Wildman–Crippen LogP) is 0.511. The van der Waals surface area contributed by atoms with E-state index in [1.807, 2.05) is 13.8 Å². The van der Waals surface area contributed by atoms with E-state index in [4.69, 9.17) is 10.5 Å². The van der Waals surface area contributed by atoms with Crippen molar-refractivity contribution in [3.63, 3.8) is 0 Å². The normalized spacial score (nSPS) is 27.5. The summed E-state index contributed by atoms with van der Waals surface area (Å²) in [6.07, 6.45) is 1.60. The van der Waals surface area contributed by atoms with Crippen LogP contribution in [0.3, 0.4) is 0 Å². The van der Waals surface area contributed by atoms with Crippen LogP contribution in [0.1, 0.15) is 26.7 Å². The van der Waals surface area contributed by atoms with E-state index in [0.29, 0.717) is 6.54 Å². The number of aliphatic hydroxyl groups excluding tert-OH is 1. The molecule has 3 nitrogen and oxygen atoms in total. The molecule has 1 rings (SSSR count). The Morgan fingerprint density at radius 1 is 1.67 bits per heavy atom. The van der Waals surface area contributed by atoms with Crippen molar-refractivity contribution in [1.29, 1.82) is 0 Å². The van der Waals surface area contributed by atoms with Crippen LogP contribution >= 0.6 is 0 Å². The number of hydrogen-bond donors (Lipinski definition) is 2. The zero-order valence-electron chi connectivity index (χ0n) is 7.92. The number of nitrogens with two attached hydrogens (primary N) is 1. The molecule has 0 aromatic carbocycles. The predicted molar refractivity (Wildman–Crippen MR) is 47.8 cm³/mol. The van der Waals surface area contributed by atoms with Crippen molar-refractivity contribution in [3.05, 3.63) is 0 Å². The summed E-state index contributed by atoms with van der Waals surface area (Å²) >= 11 is 0. The molecule has 12 heavy (non-hydrogen) atoms. The molecule has 1 fully saturated rings. The van der Waals surface area contributed by atoms with Crippen molar-refractivity contribution in [2.45, 2.75) is 38.9 Å². The van der Waals surface area contributed by atoms with Crippen LogP contribution in [0.4, 0.5) is 0 Å². The number of rotatable bonds is 3. The molecule has 1 aliphatic rings. The SMILES string of the molecule is CC(C)(CN)C(O)C1CCCO1. The van der Waals surface area contributed by atoms with Gasteiger partial charge in [-0.05, 0) is 19.4 Å². The van der Waals surface area contributed by atoms with Crippen molar-refractivity contribution >= 4 is 0 Å². The van der Waals surface area contributed by atoms with Crippen molar-refractivity contribution in [1.82, 2.24) is 0 Å². The van der Waals surface area contributed by atoms with Crippen LogP contribution in [0.2, 0.25) is 0 Å². The molecule has 0 aromatic rings. The second kappa shape index (κ2) is 3.73. The average molecular weight is 173 g/mol. The third-order valence-corrected chi connectivity index (χ3v) is 2.64. The molecular weight excluding hydrogens is 154 g/mol. The Labute approximate surface area is 73.9 Å². The molecule has 2 unspecified atom stereocenters. The molecule has 1 aliphatic heterocycles. The Balaban J connectivity index is 2.50. The topological polar surface area (TPSA) is 55.5 Å². The lowest BCUT2D eigenvalue weighted by Gasteiger charge is -2.32. The minimum Gasteiger partial charge on any atom is -0.390 e. The van der Waals surface area contributed by atoms with E-state index < -0.39 is 6.10 Å². The summed E-state index contributed by atoms with van der Waals surface area (Å²) in [5.74, 6) is 0. The summed E-state index contributed by atoms with van der Waals surface area (Å²) in [5.41, 5.74) is 5.33. The standard InChI is InChI=1S/C9H19NO2/c1-9(2,6-10)8(11)7-4-3-5-12-7/h7-8,11H,3-6,10H2,1-2H3. The molecule has 0 bridgehead atoms. The second-order valence-corrected chi connectivity index (χ2v) is 4.19. The van der Waals surface area contributed by atoms with Crippen LogP contribution in [0, 0.1) is 5.41 Å². The van der Waals surface area contributed by atoms with Gasteiger partial charge in [0, 0.05) is 12.0 Å². The molecule has 72 valence electrons. The third kappa shape index (κ3) is 1.97. The summed E-state index contributed by atoms with van der Waals surface area (Å²) in [6, 6.07) is 0. The van der Waals surface area contributed by atoms with Gasteiger partial charge in [0.05, 0.1) is 12.2 Å². The fraction of sp³-hybridized carbons (Fsp3) is 1.00. The van der Waals surface area contributed by atoms with Gasteiger partial charge in [-0.2, -0.15) is 0 Å². The maximum absolute atomic E-state index is 9.87. The summed E-state index contributed by atoms with van der Waals surface area (Å²) < 4.78 is 5.40. The van der Waals surface area contributed by atoms with E-state index in [9.17, 15) is 5.11 Å². The molecule has 3 N–H and O–H groups in total. The Morgan fingerprint density at radius 2 is 2.33 bits per heavy atom. The molecule has 2 atom stereocenters. The molecule has 0 radical (unpaired) electrons. The van der Waals surface area contributed by atoms with Gasteiger partial charge >= 0.3 is 0 Å². The first-order chi connectivity index (χ1) is 5.58. The van der Waals surface area contributed by atoms with Crippen molar-refractivity contribution in [2.24, 2.45) is 11.1 Å². The van der Waals surface area contributed by atoms with Gasteiger partial charge in [-0.3, -0.25) is 0 Å². The molecule has 0 aromatic heterocycles. The largest absolute Gasteiger partial charge is 0.390 e. The summed E-state index contributed by atoms with van der Waals surface area (Å²) in [5, 5.41) is 9.87. The van der Waals surface area contributed by atoms with E-state index in [1.54, 1.807) is 0 Å². The third-order valence-electron chi connectivity index (χ3n) is 2.64. The lowest BCUT2D eigenvalue weighted by Crippen LogP contribution is -2.43. The van der Waals surface area contributed by atoms with Gasteiger partial charge < -0.3 is 15.6 Å². The molecule has 0 amide bonds. The second-order valence-electron chi connectivity index (χ2n) is 4.19. The Morgan fingerprint density at radius 3 is 2.75 bits per heavy atom. The minimum atomic E-state index is -0.426. The molecule has 1 saturated heterocycles. The van der Waals surface area contributed by atoms with Crippen molar-refractivity contribution in [2.75, 3.05) is 13.2 Å². The van der Waals surface area contributed by atoms with E-state index in [-0.39, 0.29) is 11.5 Å². The lowest BCUT2D eigenvalue weighted by atomic mass is 9.83.